The molecule has 0 atom stereocenters. The molecule has 0 amide bonds. The summed E-state index contributed by atoms with van der Waals surface area (Å²) < 4.78 is 5.79. The topological polar surface area (TPSA) is 62.5 Å². The average molecular weight is 328 g/mol. The molecule has 0 fully saturated rings. The van der Waals surface area contributed by atoms with Crippen LogP contribution in [0.1, 0.15) is 16.1 Å². The molecule has 0 aliphatic heterocycles. The lowest BCUT2D eigenvalue weighted by molar-refractivity contribution is 0.0697. The Labute approximate surface area is 138 Å². The van der Waals surface area contributed by atoms with Gasteiger partial charge in [-0.1, -0.05) is 41.9 Å². The third kappa shape index (κ3) is 3.55. The van der Waals surface area contributed by atoms with E-state index in [0.717, 1.165) is 17.1 Å². The Hall–Kier alpha value is -2.72. The van der Waals surface area contributed by atoms with Gasteiger partial charge in [0, 0.05) is 5.56 Å². The highest BCUT2D eigenvalue weighted by molar-refractivity contribution is 6.33. The zero-order valence-electron chi connectivity index (χ0n) is 12.1. The first-order valence-electron chi connectivity index (χ1n) is 7.04. The van der Waals surface area contributed by atoms with Crippen molar-refractivity contribution in [3.05, 3.63) is 77.0 Å². The van der Waals surface area contributed by atoms with Crippen LogP contribution in [-0.2, 0) is 6.54 Å². The van der Waals surface area contributed by atoms with Crippen LogP contribution in [0, 0.1) is 0 Å². The maximum atomic E-state index is 11.0. The molecule has 5 heteroatoms. The maximum absolute atomic E-state index is 11.0. The molecule has 23 heavy (non-hydrogen) atoms. The molecule has 0 radical (unpaired) electrons. The molecule has 0 saturated carbocycles. The van der Waals surface area contributed by atoms with Crippen LogP contribution in [-0.4, -0.2) is 11.1 Å². The highest BCUT2D eigenvalue weighted by atomic mass is 35.5. The predicted octanol–water partition coefficient (Wildman–Crippen LogP) is 4.91. The normalized spacial score (nSPS) is 10.5. The lowest BCUT2D eigenvalue weighted by atomic mass is 10.2. The van der Waals surface area contributed by atoms with Crippen molar-refractivity contribution in [2.45, 2.75) is 6.54 Å². The lowest BCUT2D eigenvalue weighted by Crippen LogP contribution is -2.02. The van der Waals surface area contributed by atoms with Gasteiger partial charge in [0.05, 0.1) is 22.8 Å². The molecule has 0 aliphatic carbocycles. The van der Waals surface area contributed by atoms with Gasteiger partial charge in [-0.25, -0.2) is 4.79 Å². The molecular weight excluding hydrogens is 314 g/mol. The van der Waals surface area contributed by atoms with E-state index < -0.39 is 5.97 Å². The van der Waals surface area contributed by atoms with Gasteiger partial charge in [0.1, 0.15) is 11.5 Å². The Morgan fingerprint density at radius 1 is 1.09 bits per heavy atom. The summed E-state index contributed by atoms with van der Waals surface area (Å²) in [5, 5.41) is 12.6. The average Bonchev–Trinajstić information content (AvgIpc) is 3.03. The second kappa shape index (κ2) is 6.58. The third-order valence-corrected chi connectivity index (χ3v) is 3.72. The first-order chi connectivity index (χ1) is 11.1. The predicted molar refractivity (Wildman–Crippen MR) is 89.9 cm³/mol. The number of rotatable bonds is 5. The van der Waals surface area contributed by atoms with E-state index in [1.165, 1.54) is 12.1 Å². The van der Waals surface area contributed by atoms with Gasteiger partial charge in [-0.3, -0.25) is 0 Å². The van der Waals surface area contributed by atoms with Crippen LogP contribution >= 0.6 is 11.6 Å². The molecule has 0 aliphatic rings. The van der Waals surface area contributed by atoms with E-state index >= 15 is 0 Å². The number of carbonyl (C=O) groups is 1. The first-order valence-corrected chi connectivity index (χ1v) is 7.42. The minimum Gasteiger partial charge on any atom is -0.478 e. The minimum atomic E-state index is -0.992. The molecule has 2 aromatic carbocycles. The number of carboxylic acids is 1. The number of halogens is 1. The number of carboxylic acid groups (broad SMARTS) is 1. The highest BCUT2D eigenvalue weighted by Crippen LogP contribution is 2.25. The van der Waals surface area contributed by atoms with Gasteiger partial charge in [0.2, 0.25) is 0 Å². The van der Waals surface area contributed by atoms with Crippen LogP contribution in [0.25, 0.3) is 11.3 Å². The van der Waals surface area contributed by atoms with Crippen molar-refractivity contribution >= 4 is 23.3 Å². The van der Waals surface area contributed by atoms with Gasteiger partial charge in [0.15, 0.2) is 0 Å². The van der Waals surface area contributed by atoms with E-state index in [1.54, 1.807) is 6.07 Å². The van der Waals surface area contributed by atoms with Crippen LogP contribution in [0.15, 0.2) is 65.1 Å². The number of hydrogen-bond donors (Lipinski definition) is 2. The van der Waals surface area contributed by atoms with Crippen molar-refractivity contribution in [2.75, 3.05) is 5.32 Å². The Morgan fingerprint density at radius 2 is 1.87 bits per heavy atom. The molecule has 2 N–H and O–H groups in total. The molecule has 0 bridgehead atoms. The number of aromatic carboxylic acids is 1. The number of furan rings is 1. The third-order valence-electron chi connectivity index (χ3n) is 3.39. The summed E-state index contributed by atoms with van der Waals surface area (Å²) >= 11 is 6.08. The van der Waals surface area contributed by atoms with E-state index in [2.05, 4.69) is 5.32 Å². The van der Waals surface area contributed by atoms with Crippen LogP contribution in [0.3, 0.4) is 0 Å². The Kier molecular flexibility index (Phi) is 4.35. The SMILES string of the molecule is O=C(O)c1ccc(Cl)c(NCc2ccc(-c3ccccc3)o2)c1. The molecule has 0 unspecified atom stereocenters. The standard InChI is InChI=1S/C18H14ClNO3/c19-15-8-6-13(18(21)22)10-16(15)20-11-14-7-9-17(23-14)12-4-2-1-3-5-12/h1-10,20H,11H2,(H,21,22). The van der Waals surface area contributed by atoms with Crippen LogP contribution in [0.4, 0.5) is 5.69 Å². The van der Waals surface area contributed by atoms with Crippen LogP contribution in [0.5, 0.6) is 0 Å². The number of hydrogen-bond acceptors (Lipinski definition) is 3. The summed E-state index contributed by atoms with van der Waals surface area (Å²) in [5.41, 5.74) is 1.75. The molecule has 3 rings (SSSR count). The van der Waals surface area contributed by atoms with Gasteiger partial charge < -0.3 is 14.8 Å². The van der Waals surface area contributed by atoms with Crippen LogP contribution < -0.4 is 5.32 Å². The largest absolute Gasteiger partial charge is 0.478 e. The van der Waals surface area contributed by atoms with Gasteiger partial charge in [-0.05, 0) is 30.3 Å². The number of nitrogens with one attached hydrogen (secondary N) is 1. The smallest absolute Gasteiger partial charge is 0.335 e. The Balaban J connectivity index is 1.73. The van der Waals surface area contributed by atoms with E-state index in [1.807, 2.05) is 42.5 Å². The van der Waals surface area contributed by atoms with Gasteiger partial charge >= 0.3 is 5.97 Å². The number of anilines is 1. The van der Waals surface area contributed by atoms with E-state index in [9.17, 15) is 4.79 Å². The zero-order valence-corrected chi connectivity index (χ0v) is 12.9. The summed E-state index contributed by atoms with van der Waals surface area (Å²) in [6.07, 6.45) is 0. The summed E-state index contributed by atoms with van der Waals surface area (Å²) in [4.78, 5) is 11.0. The van der Waals surface area contributed by atoms with E-state index in [4.69, 9.17) is 21.1 Å². The van der Waals surface area contributed by atoms with E-state index in [-0.39, 0.29) is 5.56 Å². The molecule has 116 valence electrons. The van der Waals surface area contributed by atoms with Gasteiger partial charge in [-0.2, -0.15) is 0 Å². The summed E-state index contributed by atoms with van der Waals surface area (Å²) in [6.45, 7) is 0.412. The van der Waals surface area contributed by atoms with Crippen molar-refractivity contribution in [1.82, 2.24) is 0 Å². The Morgan fingerprint density at radius 3 is 2.61 bits per heavy atom. The summed E-state index contributed by atoms with van der Waals surface area (Å²) in [6, 6.07) is 18.1. The summed E-state index contributed by atoms with van der Waals surface area (Å²) in [5.74, 6) is 0.530. The second-order valence-electron chi connectivity index (χ2n) is 4.99. The fraction of sp³-hybridized carbons (Fsp3) is 0.0556. The van der Waals surface area contributed by atoms with E-state index in [0.29, 0.717) is 17.3 Å². The minimum absolute atomic E-state index is 0.182. The monoisotopic (exact) mass is 327 g/mol. The van der Waals surface area contributed by atoms with Gasteiger partial charge in [0.25, 0.3) is 0 Å². The van der Waals surface area contributed by atoms with Gasteiger partial charge in [-0.15, -0.1) is 0 Å². The molecule has 4 nitrogen and oxygen atoms in total. The quantitative estimate of drug-likeness (QED) is 0.699. The number of benzene rings is 2. The van der Waals surface area contributed by atoms with Crippen LogP contribution in [0.2, 0.25) is 5.02 Å². The molecule has 3 aromatic rings. The zero-order chi connectivity index (χ0) is 16.2. The Bertz CT molecular complexity index is 827. The van der Waals surface area contributed by atoms with Crippen molar-refractivity contribution in [1.29, 1.82) is 0 Å². The second-order valence-corrected chi connectivity index (χ2v) is 5.39. The molecule has 0 saturated heterocycles. The first kappa shape index (κ1) is 15.2. The summed E-state index contributed by atoms with van der Waals surface area (Å²) in [7, 11) is 0. The highest BCUT2D eigenvalue weighted by Gasteiger charge is 2.09. The van der Waals surface area contributed by atoms with Crippen molar-refractivity contribution in [3.8, 4) is 11.3 Å². The van der Waals surface area contributed by atoms with Crippen molar-refractivity contribution < 1.29 is 14.3 Å². The maximum Gasteiger partial charge on any atom is 0.335 e. The fourth-order valence-electron chi connectivity index (χ4n) is 2.21. The molecule has 0 spiro atoms. The molecule has 1 heterocycles. The fourth-order valence-corrected chi connectivity index (χ4v) is 2.39. The molecular formula is C18H14ClNO3. The van der Waals surface area contributed by atoms with Crippen molar-refractivity contribution in [2.24, 2.45) is 0 Å². The van der Waals surface area contributed by atoms with Crippen molar-refractivity contribution in [3.63, 3.8) is 0 Å². The lowest BCUT2D eigenvalue weighted by Gasteiger charge is -2.08. The molecule has 1 aromatic heterocycles.